The number of benzene rings is 2. The Bertz CT molecular complexity index is 1300. The molecular weight excluding hydrogens is 434 g/mol. The summed E-state index contributed by atoms with van der Waals surface area (Å²) in [5.74, 6) is 0.444. The topological polar surface area (TPSA) is 75.4 Å². The summed E-state index contributed by atoms with van der Waals surface area (Å²) in [6.45, 7) is 0.767. The number of fused-ring (bicyclic) bond motifs is 1. The minimum atomic E-state index is -0.983. The van der Waals surface area contributed by atoms with E-state index in [4.69, 9.17) is 16.0 Å². The summed E-state index contributed by atoms with van der Waals surface area (Å²) in [7, 11) is -0.983. The number of aromatic nitrogens is 1. The monoisotopic (exact) mass is 451 g/mol. The number of anilines is 2. The van der Waals surface area contributed by atoms with Gasteiger partial charge >= 0.3 is 0 Å². The number of carbonyl (C=O) groups is 1. The highest BCUT2D eigenvalue weighted by Crippen LogP contribution is 2.34. The fourth-order valence-electron chi connectivity index (χ4n) is 3.67. The van der Waals surface area contributed by atoms with E-state index in [1.54, 1.807) is 48.9 Å². The zero-order valence-electron chi connectivity index (χ0n) is 16.4. The second kappa shape index (κ2) is 8.17. The molecule has 156 valence electrons. The van der Waals surface area contributed by atoms with Gasteiger partial charge in [0.1, 0.15) is 16.6 Å². The van der Waals surface area contributed by atoms with Crippen LogP contribution in [0.3, 0.4) is 0 Å². The fraction of sp³-hybridized carbons (Fsp3) is 0.130. The van der Waals surface area contributed by atoms with Crippen LogP contribution >= 0.6 is 11.6 Å². The van der Waals surface area contributed by atoms with Crippen molar-refractivity contribution < 1.29 is 13.4 Å². The van der Waals surface area contributed by atoms with Gasteiger partial charge in [0.25, 0.3) is 5.91 Å². The number of amides is 1. The molecule has 1 amide bonds. The zero-order chi connectivity index (χ0) is 21.4. The lowest BCUT2D eigenvalue weighted by atomic mass is 10.1. The molecule has 1 unspecified atom stereocenters. The number of rotatable bonds is 4. The zero-order valence-corrected chi connectivity index (χ0v) is 17.9. The number of hydrogen-bond acceptors (Lipinski definition) is 4. The van der Waals surface area contributed by atoms with E-state index in [-0.39, 0.29) is 5.91 Å². The maximum atomic E-state index is 12.8. The first-order chi connectivity index (χ1) is 15.1. The molecule has 3 heterocycles. The predicted octanol–water partition coefficient (Wildman–Crippen LogP) is 5.27. The smallest absolute Gasteiger partial charge is 0.255 e. The molecule has 1 aliphatic heterocycles. The number of nitrogens with zero attached hydrogens (tertiary/aromatic N) is 2. The lowest BCUT2D eigenvalue weighted by Crippen LogP contribution is -2.19. The van der Waals surface area contributed by atoms with Gasteiger partial charge in [0.05, 0.1) is 17.0 Å². The van der Waals surface area contributed by atoms with Crippen molar-refractivity contribution in [1.29, 1.82) is 0 Å². The average Bonchev–Trinajstić information content (AvgIpc) is 3.44. The molecule has 2 aromatic carbocycles. The van der Waals surface area contributed by atoms with Crippen LogP contribution in [-0.4, -0.2) is 27.4 Å². The highest BCUT2D eigenvalue weighted by molar-refractivity contribution is 7.86. The Hall–Kier alpha value is -3.16. The molecule has 0 aliphatic carbocycles. The maximum Gasteiger partial charge on any atom is 0.255 e. The molecule has 0 radical (unpaired) electrons. The van der Waals surface area contributed by atoms with E-state index in [1.165, 1.54) is 0 Å². The summed E-state index contributed by atoms with van der Waals surface area (Å²) in [6.07, 6.45) is 4.18. The second-order valence-corrected chi connectivity index (χ2v) is 9.07. The van der Waals surface area contributed by atoms with Crippen LogP contribution in [0, 0.1) is 0 Å². The van der Waals surface area contributed by atoms with Gasteiger partial charge in [-0.25, -0.2) is 4.21 Å². The molecule has 8 heteroatoms. The molecule has 0 saturated carbocycles. The molecule has 0 spiro atoms. The van der Waals surface area contributed by atoms with Gasteiger partial charge in [-0.2, -0.15) is 0 Å². The quantitative estimate of drug-likeness (QED) is 0.458. The van der Waals surface area contributed by atoms with Gasteiger partial charge in [0.2, 0.25) is 0 Å². The van der Waals surface area contributed by atoms with E-state index >= 15 is 0 Å². The van der Waals surface area contributed by atoms with Crippen LogP contribution in [0.2, 0.25) is 5.02 Å². The van der Waals surface area contributed by atoms with E-state index in [2.05, 4.69) is 10.3 Å². The third kappa shape index (κ3) is 3.82. The summed E-state index contributed by atoms with van der Waals surface area (Å²) in [5.41, 5.74) is 4.10. The third-order valence-electron chi connectivity index (χ3n) is 5.20. The largest absolute Gasteiger partial charge is 0.464 e. The lowest BCUT2D eigenvalue weighted by molar-refractivity contribution is 0.102. The van der Waals surface area contributed by atoms with Gasteiger partial charge < -0.3 is 9.73 Å². The molecule has 6 nitrogen and oxygen atoms in total. The van der Waals surface area contributed by atoms with Gasteiger partial charge in [-0.15, -0.1) is 0 Å². The molecule has 1 atom stereocenters. The van der Waals surface area contributed by atoms with E-state index in [9.17, 15) is 9.00 Å². The summed E-state index contributed by atoms with van der Waals surface area (Å²) >= 11 is 6.43. The Balaban J connectivity index is 1.39. The normalized spacial score (nSPS) is 16.0. The Morgan fingerprint density at radius 3 is 2.74 bits per heavy atom. The Kier molecular flexibility index (Phi) is 5.21. The molecule has 0 bridgehead atoms. The van der Waals surface area contributed by atoms with Crippen molar-refractivity contribution in [3.63, 3.8) is 0 Å². The third-order valence-corrected chi connectivity index (χ3v) is 7.06. The molecule has 2 aromatic heterocycles. The van der Waals surface area contributed by atoms with Crippen molar-refractivity contribution in [2.45, 2.75) is 6.42 Å². The number of nitrogens with one attached hydrogen (secondary N) is 1. The maximum absolute atomic E-state index is 12.8. The Labute approximate surface area is 186 Å². The molecule has 1 aliphatic rings. The number of halogens is 1. The van der Waals surface area contributed by atoms with Crippen LogP contribution in [0.25, 0.3) is 22.2 Å². The summed E-state index contributed by atoms with van der Waals surface area (Å²) in [5, 5.41) is 4.29. The van der Waals surface area contributed by atoms with E-state index in [0.29, 0.717) is 33.3 Å². The minimum absolute atomic E-state index is 0.239. The predicted molar refractivity (Wildman–Crippen MR) is 124 cm³/mol. The molecule has 1 N–H and O–H groups in total. The molecule has 31 heavy (non-hydrogen) atoms. The van der Waals surface area contributed by atoms with Crippen molar-refractivity contribution in [2.75, 3.05) is 21.9 Å². The highest BCUT2D eigenvalue weighted by Gasteiger charge is 2.20. The van der Waals surface area contributed by atoms with Crippen LogP contribution in [0.4, 0.5) is 11.4 Å². The number of furan rings is 1. The molecular formula is C23H18ClN3O3S. The fourth-order valence-corrected chi connectivity index (χ4v) is 5.16. The molecule has 4 aromatic rings. The van der Waals surface area contributed by atoms with Crippen LogP contribution in [-0.2, 0) is 11.0 Å². The van der Waals surface area contributed by atoms with Crippen molar-refractivity contribution >= 4 is 50.8 Å². The Morgan fingerprint density at radius 2 is 1.97 bits per heavy atom. The first-order valence-corrected chi connectivity index (χ1v) is 11.4. The minimum Gasteiger partial charge on any atom is -0.464 e. The summed E-state index contributed by atoms with van der Waals surface area (Å²) in [4.78, 5) is 17.2. The van der Waals surface area contributed by atoms with Gasteiger partial charge in [0, 0.05) is 46.4 Å². The van der Waals surface area contributed by atoms with E-state index in [1.807, 2.05) is 22.5 Å². The Morgan fingerprint density at radius 1 is 1.13 bits per heavy atom. The lowest BCUT2D eigenvalue weighted by Gasteiger charge is -2.16. The van der Waals surface area contributed by atoms with Crippen LogP contribution in [0.5, 0.6) is 0 Å². The first kappa shape index (κ1) is 19.8. The standard InChI is InChI=1S/C23H18ClN3O3S/c24-20-7-4-16(14-19(20)22-18-9-12-30-21(18)8-10-25-22)26-23(28)15-2-5-17(6-3-15)27-11-1-13-31(27)29/h2-10,12,14H,1,11,13H2,(H,26,28). The summed E-state index contributed by atoms with van der Waals surface area (Å²) in [6, 6.07) is 16.1. The van der Waals surface area contributed by atoms with Crippen molar-refractivity contribution in [3.05, 3.63) is 77.6 Å². The van der Waals surface area contributed by atoms with E-state index in [0.717, 1.165) is 29.6 Å². The van der Waals surface area contributed by atoms with Gasteiger partial charge in [-0.1, -0.05) is 11.6 Å². The number of hydrogen-bond donors (Lipinski definition) is 1. The number of carbonyl (C=O) groups excluding carboxylic acids is 1. The van der Waals surface area contributed by atoms with Crippen LogP contribution in [0.15, 0.2) is 71.5 Å². The first-order valence-electron chi connectivity index (χ1n) is 9.80. The second-order valence-electron chi connectivity index (χ2n) is 7.17. The van der Waals surface area contributed by atoms with E-state index < -0.39 is 11.0 Å². The van der Waals surface area contributed by atoms with Crippen LogP contribution in [0.1, 0.15) is 16.8 Å². The summed E-state index contributed by atoms with van der Waals surface area (Å²) < 4.78 is 19.3. The van der Waals surface area contributed by atoms with Crippen molar-refractivity contribution in [1.82, 2.24) is 4.98 Å². The van der Waals surface area contributed by atoms with Crippen molar-refractivity contribution in [3.8, 4) is 11.3 Å². The van der Waals surface area contributed by atoms with Gasteiger partial charge in [-0.05, 0) is 61.0 Å². The number of pyridine rings is 1. The molecule has 1 saturated heterocycles. The SMILES string of the molecule is O=C(Nc1ccc(Cl)c(-c2nccc3occc23)c1)c1ccc(N2CCCS2=O)cc1. The van der Waals surface area contributed by atoms with Crippen molar-refractivity contribution in [2.24, 2.45) is 0 Å². The van der Waals surface area contributed by atoms with Crippen LogP contribution < -0.4 is 9.62 Å². The molecule has 5 rings (SSSR count). The average molecular weight is 452 g/mol. The highest BCUT2D eigenvalue weighted by atomic mass is 35.5. The van der Waals surface area contributed by atoms with Gasteiger partial charge in [0.15, 0.2) is 0 Å². The van der Waals surface area contributed by atoms with Gasteiger partial charge in [-0.3, -0.25) is 14.1 Å². The molecule has 1 fully saturated rings.